The summed E-state index contributed by atoms with van der Waals surface area (Å²) in [6, 6.07) is 15.6. The van der Waals surface area contributed by atoms with Crippen LogP contribution < -0.4 is 20.5 Å². The summed E-state index contributed by atoms with van der Waals surface area (Å²) in [6.07, 6.45) is 0. The molecule has 1 heterocycles. The first-order valence-electron chi connectivity index (χ1n) is 8.92. The number of carbonyl (C=O) groups is 3. The second-order valence-corrected chi connectivity index (χ2v) is 6.98. The first kappa shape index (κ1) is 23.4. The molecule has 31 heavy (non-hydrogen) atoms. The minimum Gasteiger partial charge on any atom is -0.497 e. The number of aryl methyl sites for hydroxylation is 1. The first-order valence-corrected chi connectivity index (χ1v) is 9.74. The predicted molar refractivity (Wildman–Crippen MR) is 116 cm³/mol. The summed E-state index contributed by atoms with van der Waals surface area (Å²) in [5.74, 6) is -0.563. The lowest BCUT2D eigenvalue weighted by atomic mass is 10.2. The fourth-order valence-corrected chi connectivity index (χ4v) is 3.05. The van der Waals surface area contributed by atoms with E-state index in [2.05, 4.69) is 10.3 Å². The Balaban J connectivity index is 0.000000262. The normalized spacial score (nSPS) is 9.74. The van der Waals surface area contributed by atoms with Crippen LogP contribution >= 0.6 is 11.3 Å². The van der Waals surface area contributed by atoms with Gasteiger partial charge >= 0.3 is 5.97 Å². The van der Waals surface area contributed by atoms with Gasteiger partial charge < -0.3 is 20.3 Å². The average Bonchev–Trinajstić information content (AvgIpc) is 3.13. The number of anilines is 1. The molecule has 0 bridgehead atoms. The monoisotopic (exact) mass is 443 g/mol. The maximum atomic E-state index is 11.7. The Hall–Kier alpha value is -3.92. The molecule has 2 amide bonds. The summed E-state index contributed by atoms with van der Waals surface area (Å²) in [6.45, 7) is 1.42. The van der Waals surface area contributed by atoms with Crippen LogP contribution in [0.2, 0.25) is 0 Å². The number of hydrogen-bond acceptors (Lipinski definition) is 7. The van der Waals surface area contributed by atoms with Crippen LogP contribution in [0.25, 0.3) is 0 Å². The van der Waals surface area contributed by atoms with Crippen molar-refractivity contribution in [3.8, 4) is 11.5 Å². The molecular formula is C21H21N3O6S. The van der Waals surface area contributed by atoms with Gasteiger partial charge in [-0.25, -0.2) is 9.78 Å². The molecule has 3 rings (SSSR count). The average molecular weight is 443 g/mol. The molecule has 0 radical (unpaired) electrons. The smallest absolute Gasteiger partial charge is 0.347 e. The molecule has 0 saturated carbocycles. The number of carbonyl (C=O) groups excluding carboxylic acids is 2. The van der Waals surface area contributed by atoms with E-state index in [1.165, 1.54) is 0 Å². The van der Waals surface area contributed by atoms with Crippen LogP contribution in [0.4, 0.5) is 5.13 Å². The highest BCUT2D eigenvalue weighted by Gasteiger charge is 2.15. The second kappa shape index (κ2) is 11.3. The number of hydrogen-bond donors (Lipinski definition) is 3. The van der Waals surface area contributed by atoms with Crippen molar-refractivity contribution < 1.29 is 29.0 Å². The Bertz CT molecular complexity index is 1040. The van der Waals surface area contributed by atoms with Gasteiger partial charge in [0.15, 0.2) is 11.7 Å². The zero-order valence-electron chi connectivity index (χ0n) is 16.8. The van der Waals surface area contributed by atoms with E-state index in [-0.39, 0.29) is 22.5 Å². The molecule has 4 N–H and O–H groups in total. The number of primary amides is 1. The van der Waals surface area contributed by atoms with Crippen molar-refractivity contribution in [2.75, 3.05) is 19.0 Å². The van der Waals surface area contributed by atoms with Crippen molar-refractivity contribution in [3.63, 3.8) is 0 Å². The van der Waals surface area contributed by atoms with Crippen LogP contribution in [-0.4, -0.2) is 41.6 Å². The van der Waals surface area contributed by atoms with Crippen LogP contribution in [0.3, 0.4) is 0 Å². The van der Waals surface area contributed by atoms with E-state index < -0.39 is 11.9 Å². The third kappa shape index (κ3) is 7.44. The van der Waals surface area contributed by atoms with Crippen LogP contribution in [-0.2, 0) is 4.79 Å². The summed E-state index contributed by atoms with van der Waals surface area (Å²) in [5.41, 5.74) is 5.89. The predicted octanol–water partition coefficient (Wildman–Crippen LogP) is 2.96. The highest BCUT2D eigenvalue weighted by Crippen LogP contribution is 2.22. The van der Waals surface area contributed by atoms with E-state index in [1.54, 1.807) is 62.6 Å². The fourth-order valence-electron chi connectivity index (χ4n) is 2.22. The SMILES string of the molecule is COc1ccc(C(N)=O)cc1.Cc1nc(NC(=O)COc2ccccc2)sc1C(=O)O. The molecule has 0 saturated heterocycles. The number of benzene rings is 2. The van der Waals surface area contributed by atoms with Gasteiger partial charge in [0.05, 0.1) is 12.8 Å². The molecule has 0 unspecified atom stereocenters. The lowest BCUT2D eigenvalue weighted by Crippen LogP contribution is -2.20. The van der Waals surface area contributed by atoms with Gasteiger partial charge in [0.2, 0.25) is 5.91 Å². The standard InChI is InChI=1S/C13H12N2O4S.C8H9NO2/c1-8-11(12(17)18)20-13(14-8)15-10(16)7-19-9-5-3-2-4-6-9;1-11-7-4-2-6(3-5-7)8(9)10/h2-6H,7H2,1H3,(H,17,18)(H,14,15,16);2-5H,1H3,(H2,9,10). The van der Waals surface area contributed by atoms with E-state index in [4.69, 9.17) is 20.3 Å². The number of nitrogens with one attached hydrogen (secondary N) is 1. The third-order valence-electron chi connectivity index (χ3n) is 3.72. The van der Waals surface area contributed by atoms with Gasteiger partial charge in [0.25, 0.3) is 5.91 Å². The van der Waals surface area contributed by atoms with E-state index in [9.17, 15) is 14.4 Å². The quantitative estimate of drug-likeness (QED) is 0.510. The molecule has 0 spiro atoms. The molecule has 0 atom stereocenters. The van der Waals surface area contributed by atoms with Gasteiger partial charge in [-0.1, -0.05) is 29.5 Å². The maximum Gasteiger partial charge on any atom is 0.347 e. The summed E-state index contributed by atoms with van der Waals surface area (Å²) >= 11 is 0.919. The largest absolute Gasteiger partial charge is 0.497 e. The highest BCUT2D eigenvalue weighted by molar-refractivity contribution is 7.17. The molecule has 1 aromatic heterocycles. The number of ether oxygens (including phenoxy) is 2. The minimum absolute atomic E-state index is 0.115. The molecule has 10 heteroatoms. The number of thiazole rings is 1. The van der Waals surface area contributed by atoms with Crippen LogP contribution in [0.5, 0.6) is 11.5 Å². The van der Waals surface area contributed by atoms with Crippen molar-refractivity contribution in [3.05, 3.63) is 70.7 Å². The Labute approximate surface area is 182 Å². The fraction of sp³-hybridized carbons (Fsp3) is 0.143. The number of para-hydroxylation sites is 1. The molecule has 162 valence electrons. The lowest BCUT2D eigenvalue weighted by molar-refractivity contribution is -0.118. The van der Waals surface area contributed by atoms with E-state index >= 15 is 0 Å². The first-order chi connectivity index (χ1) is 14.8. The van der Waals surface area contributed by atoms with Gasteiger partial charge in [-0.2, -0.15) is 0 Å². The second-order valence-electron chi connectivity index (χ2n) is 5.98. The molecule has 0 fully saturated rings. The number of aromatic nitrogens is 1. The van der Waals surface area contributed by atoms with Gasteiger partial charge in [0.1, 0.15) is 16.4 Å². The number of amides is 2. The molecule has 0 aliphatic heterocycles. The zero-order valence-corrected chi connectivity index (χ0v) is 17.6. The van der Waals surface area contributed by atoms with Gasteiger partial charge in [0, 0.05) is 5.56 Å². The minimum atomic E-state index is -1.05. The summed E-state index contributed by atoms with van der Waals surface area (Å²) in [5, 5.41) is 11.7. The van der Waals surface area contributed by atoms with Crippen molar-refractivity contribution in [2.24, 2.45) is 5.73 Å². The van der Waals surface area contributed by atoms with Crippen molar-refractivity contribution >= 4 is 34.3 Å². The lowest BCUT2D eigenvalue weighted by Gasteiger charge is -2.05. The Morgan fingerprint density at radius 2 is 1.71 bits per heavy atom. The van der Waals surface area contributed by atoms with Crippen LogP contribution in [0, 0.1) is 6.92 Å². The van der Waals surface area contributed by atoms with E-state index in [0.717, 1.165) is 17.1 Å². The number of carboxylic acid groups (broad SMARTS) is 1. The van der Waals surface area contributed by atoms with Crippen LogP contribution in [0.1, 0.15) is 25.7 Å². The number of carboxylic acids is 1. The molecule has 0 aliphatic carbocycles. The van der Waals surface area contributed by atoms with Gasteiger partial charge in [-0.05, 0) is 43.3 Å². The summed E-state index contributed by atoms with van der Waals surface area (Å²) < 4.78 is 10.2. The zero-order chi connectivity index (χ0) is 22.8. The molecular weight excluding hydrogens is 422 g/mol. The maximum absolute atomic E-state index is 11.7. The van der Waals surface area contributed by atoms with Gasteiger partial charge in [-0.15, -0.1) is 0 Å². The molecule has 3 aromatic rings. The Morgan fingerprint density at radius 1 is 1.06 bits per heavy atom. The number of nitrogens with zero attached hydrogens (tertiary/aromatic N) is 1. The highest BCUT2D eigenvalue weighted by atomic mass is 32.1. The number of nitrogens with two attached hydrogens (primary N) is 1. The van der Waals surface area contributed by atoms with Crippen molar-refractivity contribution in [1.29, 1.82) is 0 Å². The van der Waals surface area contributed by atoms with Crippen molar-refractivity contribution in [2.45, 2.75) is 6.92 Å². The molecule has 2 aromatic carbocycles. The third-order valence-corrected chi connectivity index (χ3v) is 4.79. The molecule has 0 aliphatic rings. The van der Waals surface area contributed by atoms with E-state index in [1.807, 2.05) is 6.07 Å². The Morgan fingerprint density at radius 3 is 2.23 bits per heavy atom. The van der Waals surface area contributed by atoms with Crippen LogP contribution in [0.15, 0.2) is 54.6 Å². The number of rotatable bonds is 7. The summed E-state index contributed by atoms with van der Waals surface area (Å²) in [7, 11) is 1.57. The number of aromatic carboxylic acids is 1. The topological polar surface area (TPSA) is 141 Å². The summed E-state index contributed by atoms with van der Waals surface area (Å²) in [4.78, 5) is 37.2. The van der Waals surface area contributed by atoms with Crippen molar-refractivity contribution in [1.82, 2.24) is 4.98 Å². The van der Waals surface area contributed by atoms with Gasteiger partial charge in [-0.3, -0.25) is 14.9 Å². The Kier molecular flexibility index (Phi) is 8.52. The van der Waals surface area contributed by atoms with E-state index in [0.29, 0.717) is 17.0 Å². The molecule has 9 nitrogen and oxygen atoms in total. The number of methoxy groups -OCH3 is 1.